The Bertz CT molecular complexity index is 787. The van der Waals surface area contributed by atoms with Gasteiger partial charge in [0.15, 0.2) is 0 Å². The fourth-order valence-electron chi connectivity index (χ4n) is 2.94. The molecule has 2 aromatic heterocycles. The average Bonchev–Trinajstić information content (AvgIpc) is 2.75. The molecule has 108 valence electrons. The molecule has 1 atom stereocenters. The molecule has 0 spiro atoms. The van der Waals surface area contributed by atoms with Crippen LogP contribution in [0.1, 0.15) is 34.3 Å². The second-order valence-corrected chi connectivity index (χ2v) is 5.27. The minimum Gasteiger partial charge on any atom is -0.466 e. The van der Waals surface area contributed by atoms with Crippen LogP contribution in [0.15, 0.2) is 40.9 Å². The molecule has 1 aromatic carbocycles. The lowest BCUT2D eigenvalue weighted by atomic mass is 9.93. The molecule has 21 heavy (non-hydrogen) atoms. The van der Waals surface area contributed by atoms with Crippen LogP contribution in [0.3, 0.4) is 0 Å². The lowest BCUT2D eigenvalue weighted by molar-refractivity contribution is 0.494. The van der Waals surface area contributed by atoms with E-state index in [0.29, 0.717) is 0 Å². The van der Waals surface area contributed by atoms with Crippen molar-refractivity contribution >= 4 is 10.9 Å². The quantitative estimate of drug-likeness (QED) is 0.571. The van der Waals surface area contributed by atoms with Crippen molar-refractivity contribution in [2.24, 2.45) is 5.84 Å². The van der Waals surface area contributed by atoms with Crippen LogP contribution in [0.4, 0.5) is 0 Å². The number of hydrogen-bond donors (Lipinski definition) is 2. The molecule has 0 bridgehead atoms. The Hall–Kier alpha value is -2.17. The summed E-state index contributed by atoms with van der Waals surface area (Å²) in [5.41, 5.74) is 7.24. The normalized spacial score (nSPS) is 12.8. The Morgan fingerprint density at radius 3 is 2.57 bits per heavy atom. The van der Waals surface area contributed by atoms with Gasteiger partial charge < -0.3 is 4.42 Å². The Labute approximate surface area is 124 Å². The standard InChI is InChI=1S/C17H19N3O/c1-10-11(2)21-12(3)16(10)17(20-18)14-6-4-8-15-13(14)7-5-9-19-15/h4-9,17,20H,18H2,1-3H3. The zero-order valence-corrected chi connectivity index (χ0v) is 12.5. The van der Waals surface area contributed by atoms with Crippen LogP contribution in [0, 0.1) is 20.8 Å². The molecule has 0 aliphatic carbocycles. The van der Waals surface area contributed by atoms with Crippen LogP contribution < -0.4 is 11.3 Å². The molecule has 0 saturated carbocycles. The Morgan fingerprint density at radius 2 is 1.90 bits per heavy atom. The number of hydrazine groups is 1. The van der Waals surface area contributed by atoms with Crippen LogP contribution in [-0.4, -0.2) is 4.98 Å². The van der Waals surface area contributed by atoms with Crippen molar-refractivity contribution in [3.05, 3.63) is 64.7 Å². The smallest absolute Gasteiger partial charge is 0.106 e. The first kappa shape index (κ1) is 13.8. The lowest BCUT2D eigenvalue weighted by Crippen LogP contribution is -2.29. The highest BCUT2D eigenvalue weighted by atomic mass is 16.3. The van der Waals surface area contributed by atoms with Crippen LogP contribution in [-0.2, 0) is 0 Å². The molecule has 0 aliphatic heterocycles. The number of rotatable bonds is 3. The molecule has 4 nitrogen and oxygen atoms in total. The summed E-state index contributed by atoms with van der Waals surface area (Å²) in [4.78, 5) is 4.41. The lowest BCUT2D eigenvalue weighted by Gasteiger charge is -2.19. The largest absolute Gasteiger partial charge is 0.466 e. The van der Waals surface area contributed by atoms with Crippen molar-refractivity contribution in [2.45, 2.75) is 26.8 Å². The minimum atomic E-state index is -0.115. The number of benzene rings is 1. The molecular weight excluding hydrogens is 262 g/mol. The van der Waals surface area contributed by atoms with E-state index in [0.717, 1.165) is 39.1 Å². The summed E-state index contributed by atoms with van der Waals surface area (Å²) >= 11 is 0. The molecule has 0 saturated heterocycles. The van der Waals surface area contributed by atoms with Crippen LogP contribution in [0.2, 0.25) is 0 Å². The highest BCUT2D eigenvalue weighted by molar-refractivity contribution is 5.83. The van der Waals surface area contributed by atoms with Crippen LogP contribution in [0.25, 0.3) is 10.9 Å². The van der Waals surface area contributed by atoms with E-state index in [1.807, 2.05) is 32.0 Å². The summed E-state index contributed by atoms with van der Waals surface area (Å²) < 4.78 is 5.75. The molecular formula is C17H19N3O. The number of nitrogens with zero attached hydrogens (tertiary/aromatic N) is 1. The third-order valence-corrected chi connectivity index (χ3v) is 4.06. The number of nitrogens with two attached hydrogens (primary N) is 1. The van der Waals surface area contributed by atoms with Gasteiger partial charge in [-0.25, -0.2) is 5.43 Å². The maximum Gasteiger partial charge on any atom is 0.106 e. The minimum absolute atomic E-state index is 0.115. The van der Waals surface area contributed by atoms with Gasteiger partial charge in [-0.15, -0.1) is 0 Å². The fraction of sp³-hybridized carbons (Fsp3) is 0.235. The van der Waals surface area contributed by atoms with Crippen LogP contribution in [0.5, 0.6) is 0 Å². The van der Waals surface area contributed by atoms with E-state index in [4.69, 9.17) is 10.3 Å². The topological polar surface area (TPSA) is 64.1 Å². The van der Waals surface area contributed by atoms with E-state index in [9.17, 15) is 0 Å². The number of aryl methyl sites for hydroxylation is 2. The molecule has 0 aliphatic rings. The summed E-state index contributed by atoms with van der Waals surface area (Å²) in [5, 5.41) is 1.10. The Balaban J connectivity index is 2.23. The van der Waals surface area contributed by atoms with Gasteiger partial charge in [0.25, 0.3) is 0 Å². The van der Waals surface area contributed by atoms with Crippen molar-refractivity contribution in [1.29, 1.82) is 0 Å². The van der Waals surface area contributed by atoms with E-state index >= 15 is 0 Å². The number of hydrogen-bond acceptors (Lipinski definition) is 4. The zero-order chi connectivity index (χ0) is 15.0. The summed E-state index contributed by atoms with van der Waals surface area (Å²) in [6.07, 6.45) is 1.80. The average molecular weight is 281 g/mol. The third-order valence-electron chi connectivity index (χ3n) is 4.06. The van der Waals surface area contributed by atoms with Gasteiger partial charge in [0, 0.05) is 17.1 Å². The number of aromatic nitrogens is 1. The first-order valence-electron chi connectivity index (χ1n) is 6.99. The van der Waals surface area contributed by atoms with Gasteiger partial charge in [-0.2, -0.15) is 0 Å². The van der Waals surface area contributed by atoms with E-state index in [1.165, 1.54) is 0 Å². The number of pyridine rings is 1. The van der Waals surface area contributed by atoms with Gasteiger partial charge in [-0.1, -0.05) is 18.2 Å². The second kappa shape index (κ2) is 5.31. The van der Waals surface area contributed by atoms with E-state index in [2.05, 4.69) is 29.5 Å². The molecule has 3 aromatic rings. The van der Waals surface area contributed by atoms with Gasteiger partial charge in [0.05, 0.1) is 11.6 Å². The zero-order valence-electron chi connectivity index (χ0n) is 12.5. The van der Waals surface area contributed by atoms with Crippen molar-refractivity contribution in [2.75, 3.05) is 0 Å². The van der Waals surface area contributed by atoms with Gasteiger partial charge in [-0.3, -0.25) is 10.8 Å². The number of fused-ring (bicyclic) bond motifs is 1. The highest BCUT2D eigenvalue weighted by Gasteiger charge is 2.23. The maximum atomic E-state index is 5.86. The van der Waals surface area contributed by atoms with Gasteiger partial charge in [-0.05, 0) is 44.0 Å². The first-order chi connectivity index (χ1) is 10.1. The molecule has 3 rings (SSSR count). The van der Waals surface area contributed by atoms with Crippen molar-refractivity contribution in [1.82, 2.24) is 10.4 Å². The van der Waals surface area contributed by atoms with Gasteiger partial charge >= 0.3 is 0 Å². The van der Waals surface area contributed by atoms with E-state index in [-0.39, 0.29) is 6.04 Å². The monoisotopic (exact) mass is 281 g/mol. The second-order valence-electron chi connectivity index (χ2n) is 5.27. The SMILES string of the molecule is Cc1oc(C)c(C(NN)c2cccc3ncccc23)c1C. The molecule has 0 fully saturated rings. The molecule has 2 heterocycles. The molecule has 4 heteroatoms. The molecule has 1 unspecified atom stereocenters. The Morgan fingerprint density at radius 1 is 1.10 bits per heavy atom. The number of furan rings is 1. The molecule has 3 N–H and O–H groups in total. The van der Waals surface area contributed by atoms with Crippen molar-refractivity contribution in [3.8, 4) is 0 Å². The maximum absolute atomic E-state index is 5.86. The van der Waals surface area contributed by atoms with Gasteiger partial charge in [0.1, 0.15) is 11.5 Å². The van der Waals surface area contributed by atoms with Crippen LogP contribution >= 0.6 is 0 Å². The highest BCUT2D eigenvalue weighted by Crippen LogP contribution is 2.33. The number of nitrogens with one attached hydrogen (secondary N) is 1. The summed E-state index contributed by atoms with van der Waals surface area (Å²) in [5.74, 6) is 7.69. The summed E-state index contributed by atoms with van der Waals surface area (Å²) in [6.45, 7) is 6.02. The molecule has 0 amide bonds. The fourth-order valence-corrected chi connectivity index (χ4v) is 2.94. The van der Waals surface area contributed by atoms with Gasteiger partial charge in [0.2, 0.25) is 0 Å². The Kier molecular flexibility index (Phi) is 3.49. The van der Waals surface area contributed by atoms with E-state index < -0.39 is 0 Å². The van der Waals surface area contributed by atoms with Crippen molar-refractivity contribution in [3.63, 3.8) is 0 Å². The predicted octanol–water partition coefficient (Wildman–Crippen LogP) is 3.31. The first-order valence-corrected chi connectivity index (χ1v) is 6.99. The molecule has 0 radical (unpaired) electrons. The summed E-state index contributed by atoms with van der Waals surface area (Å²) in [6, 6.07) is 9.99. The van der Waals surface area contributed by atoms with E-state index in [1.54, 1.807) is 6.20 Å². The summed E-state index contributed by atoms with van der Waals surface area (Å²) in [7, 11) is 0. The predicted molar refractivity (Wildman–Crippen MR) is 83.8 cm³/mol. The third kappa shape index (κ3) is 2.22. The van der Waals surface area contributed by atoms with Crippen molar-refractivity contribution < 1.29 is 4.42 Å².